The van der Waals surface area contributed by atoms with Gasteiger partial charge in [0.1, 0.15) is 5.75 Å². The van der Waals surface area contributed by atoms with Gasteiger partial charge in [-0.1, -0.05) is 12.1 Å². The van der Waals surface area contributed by atoms with Crippen molar-refractivity contribution in [3.8, 4) is 5.75 Å². The van der Waals surface area contributed by atoms with Gasteiger partial charge in [0.2, 0.25) is 0 Å². The van der Waals surface area contributed by atoms with Gasteiger partial charge in [-0.25, -0.2) is 0 Å². The molecule has 1 aromatic carbocycles. The fourth-order valence-corrected chi connectivity index (χ4v) is 2.72. The summed E-state index contributed by atoms with van der Waals surface area (Å²) in [4.78, 5) is 13.1. The van der Waals surface area contributed by atoms with Crippen molar-refractivity contribution in [1.29, 1.82) is 0 Å². The van der Waals surface area contributed by atoms with Crippen molar-refractivity contribution in [3.05, 3.63) is 29.8 Å². The summed E-state index contributed by atoms with van der Waals surface area (Å²) in [6.07, 6.45) is -3.23. The van der Waals surface area contributed by atoms with E-state index in [1.807, 2.05) is 11.8 Å². The monoisotopic (exact) mass is 317 g/mol. The van der Waals surface area contributed by atoms with Gasteiger partial charge in [0, 0.05) is 12.6 Å². The number of alkyl halides is 3. The van der Waals surface area contributed by atoms with E-state index in [1.54, 1.807) is 12.1 Å². The minimum atomic E-state index is -4.70. The van der Waals surface area contributed by atoms with Gasteiger partial charge >= 0.3 is 12.3 Å². The Morgan fingerprint density at radius 3 is 2.55 bits per heavy atom. The number of likely N-dealkylation sites (tertiary alicyclic amines) is 1. The maximum absolute atomic E-state index is 12.1. The van der Waals surface area contributed by atoms with Crippen molar-refractivity contribution in [2.45, 2.75) is 32.2 Å². The molecule has 2 atom stereocenters. The molecule has 1 aliphatic heterocycles. The van der Waals surface area contributed by atoms with Crippen LogP contribution in [0.2, 0.25) is 0 Å². The molecule has 1 aliphatic rings. The van der Waals surface area contributed by atoms with E-state index in [-0.39, 0.29) is 17.7 Å². The number of carboxylic acid groups (broad SMARTS) is 1. The number of carboxylic acids is 1. The fraction of sp³-hybridized carbons (Fsp3) is 0.533. The normalized spacial score (nSPS) is 21.4. The van der Waals surface area contributed by atoms with Crippen LogP contribution in [0.15, 0.2) is 24.3 Å². The number of benzene rings is 1. The van der Waals surface area contributed by atoms with E-state index in [4.69, 9.17) is 5.11 Å². The van der Waals surface area contributed by atoms with Crippen LogP contribution in [0.1, 0.15) is 31.4 Å². The number of ether oxygens (including phenoxy) is 1. The standard InChI is InChI=1S/C15H18F3NO3/c1-10(19-8-2-3-12(9-19)14(20)21)11-4-6-13(7-5-11)22-15(16,17)18/h4-7,10,12H,2-3,8-9H2,1H3,(H,20,21). The molecule has 2 rings (SSSR count). The van der Waals surface area contributed by atoms with E-state index in [2.05, 4.69) is 4.74 Å². The summed E-state index contributed by atoms with van der Waals surface area (Å²) in [7, 11) is 0. The quantitative estimate of drug-likeness (QED) is 0.924. The summed E-state index contributed by atoms with van der Waals surface area (Å²) in [6.45, 7) is 3.16. The van der Waals surface area contributed by atoms with Crippen molar-refractivity contribution < 1.29 is 27.8 Å². The lowest BCUT2D eigenvalue weighted by atomic mass is 9.95. The minimum Gasteiger partial charge on any atom is -0.481 e. The van der Waals surface area contributed by atoms with Crippen LogP contribution in [-0.2, 0) is 4.79 Å². The average molecular weight is 317 g/mol. The fourth-order valence-electron chi connectivity index (χ4n) is 2.72. The molecule has 0 aromatic heterocycles. The van der Waals surface area contributed by atoms with Crippen LogP contribution in [-0.4, -0.2) is 35.4 Å². The molecule has 7 heteroatoms. The molecule has 22 heavy (non-hydrogen) atoms. The summed E-state index contributed by atoms with van der Waals surface area (Å²) in [5.74, 6) is -1.44. The first-order chi connectivity index (χ1) is 10.3. The topological polar surface area (TPSA) is 49.8 Å². The molecule has 0 spiro atoms. The molecule has 1 N–H and O–H groups in total. The Kier molecular flexibility index (Phi) is 4.95. The Morgan fingerprint density at radius 2 is 2.00 bits per heavy atom. The SMILES string of the molecule is CC(c1ccc(OC(F)(F)F)cc1)N1CCCC(C(=O)O)C1. The molecule has 1 saturated heterocycles. The zero-order valence-electron chi connectivity index (χ0n) is 12.1. The highest BCUT2D eigenvalue weighted by molar-refractivity contribution is 5.70. The number of hydrogen-bond donors (Lipinski definition) is 1. The molecule has 122 valence electrons. The molecular weight excluding hydrogens is 299 g/mol. The molecule has 0 bridgehead atoms. The Hall–Kier alpha value is -1.76. The second-order valence-electron chi connectivity index (χ2n) is 5.47. The van der Waals surface area contributed by atoms with E-state index in [0.717, 1.165) is 18.5 Å². The second-order valence-corrected chi connectivity index (χ2v) is 5.47. The van der Waals surface area contributed by atoms with Gasteiger partial charge in [-0.15, -0.1) is 13.2 Å². The van der Waals surface area contributed by atoms with Crippen LogP contribution >= 0.6 is 0 Å². The number of carbonyl (C=O) groups is 1. The predicted molar refractivity (Wildman–Crippen MR) is 73.5 cm³/mol. The molecule has 0 aliphatic carbocycles. The van der Waals surface area contributed by atoms with E-state index in [9.17, 15) is 18.0 Å². The number of rotatable bonds is 4. The van der Waals surface area contributed by atoms with Gasteiger partial charge in [0.05, 0.1) is 5.92 Å². The van der Waals surface area contributed by atoms with Gasteiger partial charge in [0.25, 0.3) is 0 Å². The van der Waals surface area contributed by atoms with Crippen LogP contribution in [0.3, 0.4) is 0 Å². The first-order valence-corrected chi connectivity index (χ1v) is 7.09. The molecule has 0 radical (unpaired) electrons. The Bertz CT molecular complexity index is 516. The van der Waals surface area contributed by atoms with Crippen LogP contribution in [0.25, 0.3) is 0 Å². The summed E-state index contributed by atoms with van der Waals surface area (Å²) in [5, 5.41) is 9.10. The summed E-state index contributed by atoms with van der Waals surface area (Å²) in [5.41, 5.74) is 0.834. The van der Waals surface area contributed by atoms with Gasteiger partial charge in [-0.05, 0) is 44.0 Å². The lowest BCUT2D eigenvalue weighted by molar-refractivity contribution is -0.274. The highest BCUT2D eigenvalue weighted by Gasteiger charge is 2.31. The van der Waals surface area contributed by atoms with Crippen molar-refractivity contribution in [2.24, 2.45) is 5.92 Å². The molecule has 1 aromatic rings. The number of piperidine rings is 1. The third kappa shape index (κ3) is 4.37. The molecular formula is C15H18F3NO3. The molecule has 0 saturated carbocycles. The van der Waals surface area contributed by atoms with Crippen LogP contribution in [0.4, 0.5) is 13.2 Å². The van der Waals surface area contributed by atoms with E-state index >= 15 is 0 Å². The van der Waals surface area contributed by atoms with E-state index in [1.165, 1.54) is 12.1 Å². The van der Waals surface area contributed by atoms with Crippen molar-refractivity contribution in [2.75, 3.05) is 13.1 Å². The molecule has 0 amide bonds. The smallest absolute Gasteiger partial charge is 0.481 e. The lowest BCUT2D eigenvalue weighted by Gasteiger charge is -2.35. The Morgan fingerprint density at radius 1 is 1.36 bits per heavy atom. The van der Waals surface area contributed by atoms with E-state index in [0.29, 0.717) is 13.0 Å². The first kappa shape index (κ1) is 16.6. The Balaban J connectivity index is 2.03. The van der Waals surface area contributed by atoms with Gasteiger partial charge in [0.15, 0.2) is 0 Å². The van der Waals surface area contributed by atoms with Crippen molar-refractivity contribution >= 4 is 5.97 Å². The van der Waals surface area contributed by atoms with E-state index < -0.39 is 12.3 Å². The highest BCUT2D eigenvalue weighted by Crippen LogP contribution is 2.29. The summed E-state index contributed by atoms with van der Waals surface area (Å²) in [6, 6.07) is 5.66. The predicted octanol–water partition coefficient (Wildman–Crippen LogP) is 3.44. The van der Waals surface area contributed by atoms with Gasteiger partial charge in [-0.3, -0.25) is 9.69 Å². The third-order valence-corrected chi connectivity index (χ3v) is 3.95. The zero-order chi connectivity index (χ0) is 16.3. The largest absolute Gasteiger partial charge is 0.573 e. The molecule has 2 unspecified atom stereocenters. The Labute approximate surface area is 126 Å². The van der Waals surface area contributed by atoms with Crippen molar-refractivity contribution in [3.63, 3.8) is 0 Å². The van der Waals surface area contributed by atoms with Gasteiger partial charge < -0.3 is 9.84 Å². The number of halogens is 3. The van der Waals surface area contributed by atoms with Crippen LogP contribution < -0.4 is 4.74 Å². The third-order valence-electron chi connectivity index (χ3n) is 3.95. The lowest BCUT2D eigenvalue weighted by Crippen LogP contribution is -2.40. The molecule has 4 nitrogen and oxygen atoms in total. The first-order valence-electron chi connectivity index (χ1n) is 7.09. The van der Waals surface area contributed by atoms with Crippen molar-refractivity contribution in [1.82, 2.24) is 4.90 Å². The number of hydrogen-bond acceptors (Lipinski definition) is 3. The van der Waals surface area contributed by atoms with Crippen LogP contribution in [0.5, 0.6) is 5.75 Å². The maximum Gasteiger partial charge on any atom is 0.573 e. The van der Waals surface area contributed by atoms with Crippen LogP contribution in [0, 0.1) is 5.92 Å². The van der Waals surface area contributed by atoms with Gasteiger partial charge in [-0.2, -0.15) is 0 Å². The number of nitrogens with zero attached hydrogens (tertiary/aromatic N) is 1. The summed E-state index contributed by atoms with van der Waals surface area (Å²) < 4.78 is 40.2. The average Bonchev–Trinajstić information content (AvgIpc) is 2.46. The molecule has 1 fully saturated rings. The highest BCUT2D eigenvalue weighted by atomic mass is 19.4. The summed E-state index contributed by atoms with van der Waals surface area (Å²) >= 11 is 0. The minimum absolute atomic E-state index is 0.0536. The maximum atomic E-state index is 12.1. The second kappa shape index (κ2) is 6.56. The zero-order valence-corrected chi connectivity index (χ0v) is 12.1. The molecule has 1 heterocycles. The number of aliphatic carboxylic acids is 1.